The summed E-state index contributed by atoms with van der Waals surface area (Å²) >= 11 is 0. The number of urea groups is 1. The van der Waals surface area contributed by atoms with Gasteiger partial charge in [-0.15, -0.1) is 0 Å². The molecule has 3 amide bonds. The number of methoxy groups -OCH3 is 2. The van der Waals surface area contributed by atoms with E-state index in [1.54, 1.807) is 33.2 Å². The minimum Gasteiger partial charge on any atom is -0.493 e. The molecule has 10 nitrogen and oxygen atoms in total. The summed E-state index contributed by atoms with van der Waals surface area (Å²) in [6, 6.07) is 4.31. The number of benzene rings is 1. The maximum absolute atomic E-state index is 13.4. The van der Waals surface area contributed by atoms with Gasteiger partial charge in [-0.2, -0.15) is 0 Å². The quantitative estimate of drug-likeness (QED) is 0.518. The molecule has 2 atom stereocenters. The van der Waals surface area contributed by atoms with Crippen LogP contribution < -0.4 is 14.8 Å². The van der Waals surface area contributed by atoms with Gasteiger partial charge in [0.25, 0.3) is 0 Å². The number of nitrogens with one attached hydrogen (secondary N) is 1. The zero-order chi connectivity index (χ0) is 27.4. The fourth-order valence-electron chi connectivity index (χ4n) is 5.89. The summed E-state index contributed by atoms with van der Waals surface area (Å²) in [7, 11) is 4.73. The lowest BCUT2D eigenvalue weighted by molar-refractivity contribution is -0.140. The molecule has 1 saturated carbocycles. The monoisotopic (exact) mass is 528 g/mol. The largest absolute Gasteiger partial charge is 0.493 e. The van der Waals surface area contributed by atoms with Gasteiger partial charge in [0.1, 0.15) is 0 Å². The lowest BCUT2D eigenvalue weighted by atomic mass is 9.93. The van der Waals surface area contributed by atoms with Crippen molar-refractivity contribution in [3.63, 3.8) is 0 Å². The van der Waals surface area contributed by atoms with Crippen molar-refractivity contribution in [3.05, 3.63) is 35.0 Å². The molecule has 10 heteroatoms. The number of amides is 3. The van der Waals surface area contributed by atoms with Gasteiger partial charge in [0.05, 0.1) is 32.4 Å². The molecule has 1 aromatic rings. The number of likely N-dealkylation sites (N-methyl/N-ethyl adjacent to an activating group) is 1. The molecule has 2 aliphatic heterocycles. The van der Waals surface area contributed by atoms with Crippen molar-refractivity contribution in [2.45, 2.75) is 51.6 Å². The van der Waals surface area contributed by atoms with Crippen molar-refractivity contribution in [3.8, 4) is 11.5 Å². The van der Waals surface area contributed by atoms with E-state index in [9.17, 15) is 14.4 Å². The second kappa shape index (κ2) is 12.1. The summed E-state index contributed by atoms with van der Waals surface area (Å²) < 4.78 is 16.6. The molecule has 1 N–H and O–H groups in total. The Hall–Kier alpha value is -3.27. The number of para-hydroxylation sites is 1. The number of nitrogens with zero attached hydrogens (tertiary/aromatic N) is 3. The molecule has 0 spiro atoms. The van der Waals surface area contributed by atoms with Gasteiger partial charge in [0, 0.05) is 56.4 Å². The lowest BCUT2D eigenvalue weighted by Crippen LogP contribution is -2.57. The van der Waals surface area contributed by atoms with Crippen LogP contribution in [-0.4, -0.2) is 92.7 Å². The third-order valence-electron chi connectivity index (χ3n) is 7.89. The van der Waals surface area contributed by atoms with Crippen LogP contribution in [0.4, 0.5) is 4.79 Å². The topological polar surface area (TPSA) is 101 Å². The third kappa shape index (κ3) is 5.45. The van der Waals surface area contributed by atoms with E-state index >= 15 is 0 Å². The van der Waals surface area contributed by atoms with E-state index in [1.165, 1.54) is 12.0 Å². The number of carbonyl (C=O) groups excluding carboxylic acids is 3. The Labute approximate surface area is 224 Å². The Bertz CT molecular complexity index is 1080. The SMILES string of the molecule is CCOC(=O)C1=C(CN2CCN(C(=O)C3CCCC3)C(C)C2)N(C)C(=O)NC1c1cccc(OC)c1OC. The van der Waals surface area contributed by atoms with Crippen LogP contribution in [0.5, 0.6) is 11.5 Å². The Morgan fingerprint density at radius 3 is 2.47 bits per heavy atom. The minimum atomic E-state index is -0.777. The zero-order valence-electron chi connectivity index (χ0n) is 23.1. The summed E-state index contributed by atoms with van der Waals surface area (Å²) in [4.78, 5) is 45.3. The van der Waals surface area contributed by atoms with Gasteiger partial charge < -0.3 is 24.4 Å². The average Bonchev–Trinajstić information content (AvgIpc) is 3.45. The van der Waals surface area contributed by atoms with E-state index in [0.29, 0.717) is 54.5 Å². The molecule has 4 rings (SSSR count). The van der Waals surface area contributed by atoms with Crippen LogP contribution in [0.1, 0.15) is 51.1 Å². The molecule has 2 unspecified atom stereocenters. The molecule has 38 heavy (non-hydrogen) atoms. The molecule has 0 aromatic heterocycles. The van der Waals surface area contributed by atoms with Gasteiger partial charge in [-0.25, -0.2) is 9.59 Å². The van der Waals surface area contributed by atoms with E-state index in [-0.39, 0.29) is 30.5 Å². The van der Waals surface area contributed by atoms with E-state index in [2.05, 4.69) is 17.1 Å². The van der Waals surface area contributed by atoms with Crippen molar-refractivity contribution >= 4 is 17.9 Å². The summed E-state index contributed by atoms with van der Waals surface area (Å²) in [5, 5.41) is 2.95. The highest BCUT2D eigenvalue weighted by atomic mass is 16.5. The number of carbonyl (C=O) groups is 3. The van der Waals surface area contributed by atoms with Crippen LogP contribution in [0.3, 0.4) is 0 Å². The Morgan fingerprint density at radius 2 is 1.84 bits per heavy atom. The molecule has 208 valence electrons. The van der Waals surface area contributed by atoms with Gasteiger partial charge in [-0.3, -0.25) is 14.6 Å². The predicted molar refractivity (Wildman–Crippen MR) is 142 cm³/mol. The number of rotatable bonds is 8. The van der Waals surface area contributed by atoms with Crippen LogP contribution in [0.2, 0.25) is 0 Å². The number of ether oxygens (including phenoxy) is 3. The van der Waals surface area contributed by atoms with Crippen LogP contribution in [0, 0.1) is 5.92 Å². The molecule has 2 fully saturated rings. The first-order valence-corrected chi connectivity index (χ1v) is 13.5. The first-order valence-electron chi connectivity index (χ1n) is 13.5. The lowest BCUT2D eigenvalue weighted by Gasteiger charge is -2.43. The smallest absolute Gasteiger partial charge is 0.338 e. The van der Waals surface area contributed by atoms with Crippen molar-refractivity contribution in [2.75, 3.05) is 54.1 Å². The first-order chi connectivity index (χ1) is 18.3. The molecule has 0 radical (unpaired) electrons. The fourth-order valence-corrected chi connectivity index (χ4v) is 5.89. The van der Waals surface area contributed by atoms with E-state index in [1.807, 2.05) is 11.0 Å². The maximum atomic E-state index is 13.4. The number of hydrogen-bond donors (Lipinski definition) is 1. The number of esters is 1. The molecule has 1 aromatic carbocycles. The summed E-state index contributed by atoms with van der Waals surface area (Å²) in [6.07, 6.45) is 4.22. The van der Waals surface area contributed by atoms with Crippen molar-refractivity contribution in [1.82, 2.24) is 20.0 Å². The van der Waals surface area contributed by atoms with Crippen LogP contribution in [0.25, 0.3) is 0 Å². The standard InChI is InChI=1S/C28H40N4O6/c1-6-38-27(34)23-21(17-31-14-15-32(18(2)16-31)26(33)19-10-7-8-11-19)30(3)28(35)29-24(23)20-12-9-13-22(36-4)25(20)37-5/h9,12-13,18-19,24H,6-8,10-11,14-17H2,1-5H3,(H,29,35). The van der Waals surface area contributed by atoms with E-state index in [4.69, 9.17) is 14.2 Å². The van der Waals surface area contributed by atoms with Gasteiger partial charge in [-0.05, 0) is 32.8 Å². The van der Waals surface area contributed by atoms with E-state index < -0.39 is 12.0 Å². The third-order valence-corrected chi connectivity index (χ3v) is 7.89. The maximum Gasteiger partial charge on any atom is 0.338 e. The first kappa shape index (κ1) is 27.8. The Morgan fingerprint density at radius 1 is 1.11 bits per heavy atom. The van der Waals surface area contributed by atoms with Crippen molar-refractivity contribution < 1.29 is 28.6 Å². The molecule has 0 bridgehead atoms. The summed E-state index contributed by atoms with van der Waals surface area (Å²) in [6.45, 7) is 6.34. The normalized spacial score (nSPS) is 22.9. The van der Waals surface area contributed by atoms with Crippen LogP contribution in [0.15, 0.2) is 29.5 Å². The van der Waals surface area contributed by atoms with Crippen molar-refractivity contribution in [1.29, 1.82) is 0 Å². The fraction of sp³-hybridized carbons (Fsp3) is 0.607. The molecular formula is C28H40N4O6. The minimum absolute atomic E-state index is 0.0421. The molecular weight excluding hydrogens is 488 g/mol. The molecule has 1 saturated heterocycles. The van der Waals surface area contributed by atoms with Gasteiger partial charge in [0.2, 0.25) is 5.91 Å². The Kier molecular flexibility index (Phi) is 8.81. The molecule has 2 heterocycles. The number of hydrogen-bond acceptors (Lipinski definition) is 7. The summed E-state index contributed by atoms with van der Waals surface area (Å²) in [5.74, 6) is 0.861. The van der Waals surface area contributed by atoms with E-state index in [0.717, 1.165) is 25.7 Å². The second-order valence-corrected chi connectivity index (χ2v) is 10.2. The molecule has 1 aliphatic carbocycles. The molecule has 3 aliphatic rings. The van der Waals surface area contributed by atoms with Gasteiger partial charge >= 0.3 is 12.0 Å². The van der Waals surface area contributed by atoms with Gasteiger partial charge in [0.15, 0.2) is 11.5 Å². The zero-order valence-corrected chi connectivity index (χ0v) is 23.1. The number of piperazine rings is 1. The Balaban J connectivity index is 1.65. The highest BCUT2D eigenvalue weighted by Crippen LogP contribution is 2.40. The van der Waals surface area contributed by atoms with Crippen LogP contribution in [-0.2, 0) is 14.3 Å². The highest BCUT2D eigenvalue weighted by Gasteiger charge is 2.40. The van der Waals surface area contributed by atoms with Crippen molar-refractivity contribution in [2.24, 2.45) is 5.92 Å². The second-order valence-electron chi connectivity index (χ2n) is 10.2. The van der Waals surface area contributed by atoms with Crippen LogP contribution >= 0.6 is 0 Å². The summed E-state index contributed by atoms with van der Waals surface area (Å²) in [5.41, 5.74) is 1.54. The average molecular weight is 529 g/mol. The van der Waals surface area contributed by atoms with Gasteiger partial charge in [-0.1, -0.05) is 25.0 Å². The highest BCUT2D eigenvalue weighted by molar-refractivity contribution is 5.95. The predicted octanol–water partition coefficient (Wildman–Crippen LogP) is 2.94.